The van der Waals surface area contributed by atoms with Crippen molar-refractivity contribution < 1.29 is 4.79 Å². The summed E-state index contributed by atoms with van der Waals surface area (Å²) in [6.45, 7) is 4.68. The van der Waals surface area contributed by atoms with Crippen molar-refractivity contribution in [2.75, 3.05) is 6.67 Å². The molecule has 3 N–H and O–H groups in total. The minimum absolute atomic E-state index is 0.0324. The van der Waals surface area contributed by atoms with Crippen LogP contribution in [0.4, 0.5) is 0 Å². The van der Waals surface area contributed by atoms with Crippen LogP contribution in [-0.4, -0.2) is 28.9 Å². The number of pyridine rings is 1. The summed E-state index contributed by atoms with van der Waals surface area (Å²) < 4.78 is 0. The fourth-order valence-electron chi connectivity index (χ4n) is 3.11. The molecule has 1 aliphatic carbocycles. The molecule has 1 aromatic rings. The normalized spacial score (nSPS) is 24.8. The fourth-order valence-corrected chi connectivity index (χ4v) is 3.11. The molecule has 6 heteroatoms. The molecule has 1 amide bonds. The van der Waals surface area contributed by atoms with E-state index in [2.05, 4.69) is 33.2 Å². The summed E-state index contributed by atoms with van der Waals surface area (Å²) in [5, 5.41) is 8.27. The number of carbonyl (C=O) groups is 1. The molecule has 0 bridgehead atoms. The quantitative estimate of drug-likeness (QED) is 0.780. The molecular formula is C16H21N5O. The van der Waals surface area contributed by atoms with Gasteiger partial charge in [-0.3, -0.25) is 15.1 Å². The van der Waals surface area contributed by atoms with E-state index in [1.54, 1.807) is 5.01 Å². The SMILES string of the molecule is CC(C)C1=C(c2ccc(C3CC3)nc2)NC2NCNN2C1=O. The fraction of sp³-hybridized carbons (Fsp3) is 0.500. The van der Waals surface area contributed by atoms with Crippen LogP contribution in [0.25, 0.3) is 5.70 Å². The van der Waals surface area contributed by atoms with E-state index >= 15 is 0 Å². The van der Waals surface area contributed by atoms with Crippen molar-refractivity contribution in [1.29, 1.82) is 0 Å². The van der Waals surface area contributed by atoms with Crippen molar-refractivity contribution in [3.63, 3.8) is 0 Å². The number of amides is 1. The van der Waals surface area contributed by atoms with Gasteiger partial charge in [-0.15, -0.1) is 0 Å². The van der Waals surface area contributed by atoms with Crippen molar-refractivity contribution >= 4 is 11.6 Å². The Hall–Kier alpha value is -1.92. The third kappa shape index (κ3) is 2.19. The summed E-state index contributed by atoms with van der Waals surface area (Å²) >= 11 is 0. The zero-order valence-corrected chi connectivity index (χ0v) is 12.9. The van der Waals surface area contributed by atoms with Gasteiger partial charge in [-0.2, -0.15) is 0 Å². The number of hydrazine groups is 1. The molecule has 1 atom stereocenters. The van der Waals surface area contributed by atoms with Crippen LogP contribution in [0.2, 0.25) is 0 Å². The molecule has 1 saturated heterocycles. The Balaban J connectivity index is 1.73. The van der Waals surface area contributed by atoms with E-state index < -0.39 is 0 Å². The average molecular weight is 299 g/mol. The number of fused-ring (bicyclic) bond motifs is 1. The predicted octanol–water partition coefficient (Wildman–Crippen LogP) is 1.11. The highest BCUT2D eigenvalue weighted by Crippen LogP contribution is 2.39. The molecule has 116 valence electrons. The van der Waals surface area contributed by atoms with Crippen LogP contribution in [0.3, 0.4) is 0 Å². The van der Waals surface area contributed by atoms with E-state index in [4.69, 9.17) is 0 Å². The highest BCUT2D eigenvalue weighted by atomic mass is 16.2. The van der Waals surface area contributed by atoms with E-state index in [0.29, 0.717) is 12.6 Å². The summed E-state index contributed by atoms with van der Waals surface area (Å²) in [5.41, 5.74) is 6.90. The highest BCUT2D eigenvalue weighted by Gasteiger charge is 2.38. The molecule has 2 aliphatic heterocycles. The number of nitrogens with zero attached hydrogens (tertiary/aromatic N) is 2. The van der Waals surface area contributed by atoms with Gasteiger partial charge in [0, 0.05) is 28.9 Å². The topological polar surface area (TPSA) is 69.3 Å². The van der Waals surface area contributed by atoms with Crippen LogP contribution < -0.4 is 16.1 Å². The molecule has 1 aromatic heterocycles. The monoisotopic (exact) mass is 299 g/mol. The molecule has 3 heterocycles. The molecule has 22 heavy (non-hydrogen) atoms. The molecule has 6 nitrogen and oxygen atoms in total. The summed E-state index contributed by atoms with van der Waals surface area (Å²) in [7, 11) is 0. The molecule has 3 aliphatic rings. The first-order valence-electron chi connectivity index (χ1n) is 7.92. The number of nitrogens with one attached hydrogen (secondary N) is 3. The summed E-state index contributed by atoms with van der Waals surface area (Å²) in [4.78, 5) is 17.3. The largest absolute Gasteiger partial charge is 0.351 e. The lowest BCUT2D eigenvalue weighted by atomic mass is 9.95. The molecule has 0 radical (unpaired) electrons. The van der Waals surface area contributed by atoms with Gasteiger partial charge >= 0.3 is 0 Å². The Morgan fingerprint density at radius 1 is 1.32 bits per heavy atom. The number of aromatic nitrogens is 1. The Bertz CT molecular complexity index is 632. The van der Waals surface area contributed by atoms with Gasteiger partial charge in [-0.05, 0) is 30.9 Å². The van der Waals surface area contributed by atoms with Crippen LogP contribution in [0, 0.1) is 5.92 Å². The highest BCUT2D eigenvalue weighted by molar-refractivity contribution is 6.02. The van der Waals surface area contributed by atoms with Gasteiger partial charge < -0.3 is 5.32 Å². The number of hydrogen-bond acceptors (Lipinski definition) is 5. The Morgan fingerprint density at radius 3 is 2.77 bits per heavy atom. The summed E-state index contributed by atoms with van der Waals surface area (Å²) in [5.74, 6) is 0.816. The number of carbonyl (C=O) groups excluding carboxylic acids is 1. The first kappa shape index (κ1) is 13.7. The van der Waals surface area contributed by atoms with E-state index in [1.807, 2.05) is 20.0 Å². The summed E-state index contributed by atoms with van der Waals surface area (Å²) in [6.07, 6.45) is 4.18. The van der Waals surface area contributed by atoms with Crippen molar-refractivity contribution in [1.82, 2.24) is 26.1 Å². The van der Waals surface area contributed by atoms with Crippen LogP contribution in [0.1, 0.15) is 43.9 Å². The van der Waals surface area contributed by atoms with E-state index in [1.165, 1.54) is 18.5 Å². The number of hydrogen-bond donors (Lipinski definition) is 3. The standard InChI is InChI=1S/C16H21N5O/c1-9(2)13-14(20-16-18-8-19-21(16)15(13)22)11-5-6-12(17-7-11)10-3-4-10/h5-7,9-10,16,18-20H,3-4,8H2,1-2H3. The van der Waals surface area contributed by atoms with Crippen LogP contribution >= 0.6 is 0 Å². The maximum Gasteiger partial charge on any atom is 0.269 e. The predicted molar refractivity (Wildman–Crippen MR) is 82.9 cm³/mol. The lowest BCUT2D eigenvalue weighted by molar-refractivity contribution is -0.132. The van der Waals surface area contributed by atoms with Crippen LogP contribution in [-0.2, 0) is 4.79 Å². The van der Waals surface area contributed by atoms with Gasteiger partial charge in [0.25, 0.3) is 5.91 Å². The van der Waals surface area contributed by atoms with Crippen LogP contribution in [0.15, 0.2) is 23.9 Å². The Morgan fingerprint density at radius 2 is 2.14 bits per heavy atom. The third-order valence-electron chi connectivity index (χ3n) is 4.45. The van der Waals surface area contributed by atoms with Crippen molar-refractivity contribution in [2.45, 2.75) is 38.9 Å². The second kappa shape index (κ2) is 5.07. The molecule has 4 rings (SSSR count). The maximum absolute atomic E-state index is 12.7. The van der Waals surface area contributed by atoms with E-state index in [9.17, 15) is 4.79 Å². The van der Waals surface area contributed by atoms with Crippen molar-refractivity contribution in [2.24, 2.45) is 5.92 Å². The summed E-state index contributed by atoms with van der Waals surface area (Å²) in [6, 6.07) is 4.17. The molecule has 0 spiro atoms. The van der Waals surface area contributed by atoms with Gasteiger partial charge in [-0.25, -0.2) is 10.4 Å². The second-order valence-corrected chi connectivity index (χ2v) is 6.45. The third-order valence-corrected chi connectivity index (χ3v) is 4.45. The second-order valence-electron chi connectivity index (χ2n) is 6.45. The zero-order valence-electron chi connectivity index (χ0n) is 12.9. The van der Waals surface area contributed by atoms with Gasteiger partial charge in [0.1, 0.15) is 0 Å². The lowest BCUT2D eigenvalue weighted by Crippen LogP contribution is -2.56. The smallest absolute Gasteiger partial charge is 0.269 e. The minimum Gasteiger partial charge on any atom is -0.351 e. The average Bonchev–Trinajstić information content (AvgIpc) is 3.25. The first-order valence-corrected chi connectivity index (χ1v) is 7.92. The maximum atomic E-state index is 12.7. The van der Waals surface area contributed by atoms with Crippen LogP contribution in [0.5, 0.6) is 0 Å². The van der Waals surface area contributed by atoms with Gasteiger partial charge in [0.2, 0.25) is 0 Å². The van der Waals surface area contributed by atoms with Gasteiger partial charge in [-0.1, -0.05) is 13.8 Å². The van der Waals surface area contributed by atoms with E-state index in [-0.39, 0.29) is 18.1 Å². The minimum atomic E-state index is -0.201. The molecule has 1 saturated carbocycles. The molecule has 0 aromatic carbocycles. The Labute approximate surface area is 129 Å². The Kier molecular flexibility index (Phi) is 3.16. The first-order chi connectivity index (χ1) is 10.6. The molecule has 1 unspecified atom stereocenters. The molecule has 2 fully saturated rings. The lowest BCUT2D eigenvalue weighted by Gasteiger charge is -2.34. The van der Waals surface area contributed by atoms with Gasteiger partial charge in [0.05, 0.1) is 12.4 Å². The molecular weight excluding hydrogens is 278 g/mol. The van der Waals surface area contributed by atoms with Crippen molar-refractivity contribution in [3.8, 4) is 0 Å². The van der Waals surface area contributed by atoms with Crippen molar-refractivity contribution in [3.05, 3.63) is 35.2 Å². The van der Waals surface area contributed by atoms with Gasteiger partial charge in [0.15, 0.2) is 6.29 Å². The van der Waals surface area contributed by atoms with E-state index in [0.717, 1.165) is 16.8 Å². The number of rotatable bonds is 3. The zero-order chi connectivity index (χ0) is 15.3.